The van der Waals surface area contributed by atoms with Crippen molar-refractivity contribution >= 4 is 62.3 Å². The molecule has 0 spiro atoms. The van der Waals surface area contributed by atoms with Crippen LogP contribution in [0.1, 0.15) is 29.5 Å². The molecule has 1 N–H and O–H groups in total. The van der Waals surface area contributed by atoms with Crippen LogP contribution < -0.4 is 5.48 Å². The van der Waals surface area contributed by atoms with Crippen molar-refractivity contribution in [2.24, 2.45) is 5.92 Å². The predicted octanol–water partition coefficient (Wildman–Crippen LogP) is 6.76. The van der Waals surface area contributed by atoms with Crippen molar-refractivity contribution in [1.29, 1.82) is 5.26 Å². The first-order valence-corrected chi connectivity index (χ1v) is 12.7. The quantitative estimate of drug-likeness (QED) is 0.384. The van der Waals surface area contributed by atoms with Crippen LogP contribution in [-0.4, -0.2) is 30.1 Å². The van der Waals surface area contributed by atoms with Gasteiger partial charge in [-0.15, -0.1) is 0 Å². The van der Waals surface area contributed by atoms with Crippen LogP contribution >= 0.6 is 50.7 Å². The number of nitriles is 1. The second-order valence-corrected chi connectivity index (χ2v) is 11.2. The molecule has 188 valence electrons. The number of carbonyl (C=O) groups is 1. The number of amides is 1. The van der Waals surface area contributed by atoms with Gasteiger partial charge in [-0.2, -0.15) is 18.4 Å². The molecule has 0 aromatic heterocycles. The third kappa shape index (κ3) is 4.07. The Bertz CT molecular complexity index is 1330. The molecule has 2 aromatic rings. The van der Waals surface area contributed by atoms with Crippen LogP contribution in [0.2, 0.25) is 15.1 Å². The minimum Gasteiger partial charge on any atom is -0.338 e. The fourth-order valence-electron chi connectivity index (χ4n) is 4.48. The van der Waals surface area contributed by atoms with Crippen LogP contribution in [0.3, 0.4) is 0 Å². The molecule has 1 amide bonds. The second-order valence-electron chi connectivity index (χ2n) is 9.11. The molecule has 1 saturated heterocycles. The summed E-state index contributed by atoms with van der Waals surface area (Å²) < 4.78 is 43.5. The zero-order valence-corrected chi connectivity index (χ0v) is 22.1. The zero-order valence-electron chi connectivity index (χ0n) is 18.2. The average Bonchev–Trinajstić information content (AvgIpc) is 3.54. The van der Waals surface area contributed by atoms with Crippen molar-refractivity contribution < 1.29 is 22.8 Å². The summed E-state index contributed by atoms with van der Waals surface area (Å²) in [4.78, 5) is 19.1. The maximum atomic E-state index is 14.3. The van der Waals surface area contributed by atoms with Crippen LogP contribution in [0.25, 0.3) is 5.70 Å². The number of benzene rings is 2. The minimum atomic E-state index is -4.87. The summed E-state index contributed by atoms with van der Waals surface area (Å²) in [5, 5.41) is 9.54. The summed E-state index contributed by atoms with van der Waals surface area (Å²) in [6.07, 6.45) is -2.20. The summed E-state index contributed by atoms with van der Waals surface area (Å²) in [6, 6.07) is 9.31. The Hall–Kier alpha value is -1.96. The predicted molar refractivity (Wildman–Crippen MR) is 132 cm³/mol. The van der Waals surface area contributed by atoms with Gasteiger partial charge in [0.25, 0.3) is 0 Å². The summed E-state index contributed by atoms with van der Waals surface area (Å²) in [5.41, 5.74) is -0.607. The number of hydrogen-bond donors (Lipinski definition) is 1. The molecular formula is C24H16BrCl3F3N3O2. The Labute approximate surface area is 227 Å². The maximum absolute atomic E-state index is 14.3. The fourth-order valence-corrected chi connectivity index (χ4v) is 5.83. The lowest BCUT2D eigenvalue weighted by molar-refractivity contribution is -0.269. The molecule has 1 atom stereocenters. The molecule has 2 aliphatic heterocycles. The van der Waals surface area contributed by atoms with E-state index in [1.807, 2.05) is 0 Å². The van der Waals surface area contributed by atoms with Gasteiger partial charge in [0.05, 0.1) is 26.8 Å². The largest absolute Gasteiger partial charge is 0.428 e. The highest BCUT2D eigenvalue weighted by Gasteiger charge is 2.60. The van der Waals surface area contributed by atoms with Gasteiger partial charge in [-0.1, -0.05) is 62.9 Å². The van der Waals surface area contributed by atoms with Crippen LogP contribution in [0.4, 0.5) is 13.2 Å². The molecule has 12 heteroatoms. The van der Waals surface area contributed by atoms with Gasteiger partial charge in [0.1, 0.15) is 5.41 Å². The molecule has 3 aliphatic rings. The second kappa shape index (κ2) is 8.81. The average molecular weight is 622 g/mol. The topological polar surface area (TPSA) is 65.4 Å². The molecule has 1 saturated carbocycles. The first kappa shape index (κ1) is 25.7. The van der Waals surface area contributed by atoms with Crippen molar-refractivity contribution in [1.82, 2.24) is 10.4 Å². The number of nitrogens with zero attached hydrogens (tertiary/aromatic N) is 2. The van der Waals surface area contributed by atoms with E-state index in [4.69, 9.17) is 39.6 Å². The molecule has 0 radical (unpaired) electrons. The first-order valence-electron chi connectivity index (χ1n) is 10.8. The van der Waals surface area contributed by atoms with Crippen LogP contribution in [0.15, 0.2) is 40.9 Å². The molecule has 36 heavy (non-hydrogen) atoms. The number of nitrogens with one attached hydrogen (secondary N) is 1. The number of carbonyl (C=O) groups excluding carboxylic acids is 1. The smallest absolute Gasteiger partial charge is 0.338 e. The van der Waals surface area contributed by atoms with E-state index in [1.54, 1.807) is 23.1 Å². The Morgan fingerprint density at radius 3 is 2.33 bits per heavy atom. The lowest BCUT2D eigenvalue weighted by Crippen LogP contribution is -2.61. The van der Waals surface area contributed by atoms with Crippen molar-refractivity contribution in [2.75, 3.05) is 13.1 Å². The van der Waals surface area contributed by atoms with Gasteiger partial charge in [0, 0.05) is 34.6 Å². The molecule has 1 unspecified atom stereocenters. The van der Waals surface area contributed by atoms with Crippen molar-refractivity contribution in [3.05, 3.63) is 72.6 Å². The van der Waals surface area contributed by atoms with Gasteiger partial charge in [0.15, 0.2) is 0 Å². The summed E-state index contributed by atoms with van der Waals surface area (Å²) >= 11 is 21.4. The molecule has 2 heterocycles. The number of hydrogen-bond acceptors (Lipinski definition) is 4. The Morgan fingerprint density at radius 2 is 1.81 bits per heavy atom. The van der Waals surface area contributed by atoms with Gasteiger partial charge in [0.2, 0.25) is 11.5 Å². The minimum absolute atomic E-state index is 0.0612. The lowest BCUT2D eigenvalue weighted by Gasteiger charge is -2.46. The Morgan fingerprint density at radius 1 is 1.17 bits per heavy atom. The molecule has 5 nitrogen and oxygen atoms in total. The van der Waals surface area contributed by atoms with Crippen molar-refractivity contribution in [3.63, 3.8) is 0 Å². The van der Waals surface area contributed by atoms with E-state index in [-0.39, 0.29) is 51.2 Å². The SMILES string of the molecule is N#CC1(c2ccc(C3=CC(c4cc(Cl)c(Cl)c(Cl)c4)(C(F)(F)F)ON3)cc2Br)CN(C(=O)C2CC2)C1. The monoisotopic (exact) mass is 619 g/mol. The first-order chi connectivity index (χ1) is 16.9. The number of alkyl halides is 3. The lowest BCUT2D eigenvalue weighted by atomic mass is 9.74. The van der Waals surface area contributed by atoms with Crippen LogP contribution in [0.5, 0.6) is 0 Å². The fraction of sp³-hybridized carbons (Fsp3) is 0.333. The van der Waals surface area contributed by atoms with Gasteiger partial charge in [-0.3, -0.25) is 15.1 Å². The van der Waals surface area contributed by atoms with E-state index in [0.29, 0.717) is 15.6 Å². The zero-order chi connectivity index (χ0) is 26.0. The molecule has 5 rings (SSSR count). The van der Waals surface area contributed by atoms with E-state index < -0.39 is 17.2 Å². The Balaban J connectivity index is 1.47. The molecule has 2 aromatic carbocycles. The Kier molecular flexibility index (Phi) is 6.29. The van der Waals surface area contributed by atoms with Gasteiger partial charge in [-0.05, 0) is 42.7 Å². The summed E-state index contributed by atoms with van der Waals surface area (Å²) in [7, 11) is 0. The van der Waals surface area contributed by atoms with Crippen molar-refractivity contribution in [3.8, 4) is 6.07 Å². The number of rotatable bonds is 4. The highest BCUT2D eigenvalue weighted by molar-refractivity contribution is 9.10. The van der Waals surface area contributed by atoms with E-state index in [9.17, 15) is 23.2 Å². The molecule has 0 bridgehead atoms. The molecular weight excluding hydrogens is 606 g/mol. The van der Waals surface area contributed by atoms with Crippen LogP contribution in [-0.2, 0) is 20.6 Å². The third-order valence-corrected chi connectivity index (χ3v) is 8.53. The molecule has 1 aliphatic carbocycles. The number of hydroxylamine groups is 1. The highest BCUT2D eigenvalue weighted by Crippen LogP contribution is 2.50. The van der Waals surface area contributed by atoms with Gasteiger partial charge in [-0.25, -0.2) is 0 Å². The standard InChI is InChI=1S/C24H16BrCl3F3N3O2/c25-16-5-13(3-4-15(16)22(9-32)10-34(11-22)21(35)12-1-2-12)19-8-23(36-33-19,24(29,30)31)14-6-17(26)20(28)18(27)7-14/h3-8,12,33H,1-2,10-11H2. The van der Waals surface area contributed by atoms with E-state index in [0.717, 1.165) is 31.1 Å². The number of halogens is 7. The van der Waals surface area contributed by atoms with E-state index >= 15 is 0 Å². The van der Waals surface area contributed by atoms with E-state index in [2.05, 4.69) is 27.5 Å². The number of likely N-dealkylation sites (tertiary alicyclic amines) is 1. The summed E-state index contributed by atoms with van der Waals surface area (Å²) in [6.45, 7) is 0.548. The normalized spacial score (nSPS) is 22.9. The third-order valence-electron chi connectivity index (χ3n) is 6.67. The highest BCUT2D eigenvalue weighted by atomic mass is 79.9. The van der Waals surface area contributed by atoms with E-state index in [1.165, 1.54) is 0 Å². The molecule has 2 fully saturated rings. The van der Waals surface area contributed by atoms with Gasteiger partial charge < -0.3 is 4.90 Å². The maximum Gasteiger partial charge on any atom is 0.428 e. The van der Waals surface area contributed by atoms with Crippen molar-refractivity contribution in [2.45, 2.75) is 30.0 Å². The summed E-state index contributed by atoms with van der Waals surface area (Å²) in [5.74, 6) is 0.129. The van der Waals surface area contributed by atoms with Gasteiger partial charge >= 0.3 is 6.18 Å². The van der Waals surface area contributed by atoms with Crippen LogP contribution in [0, 0.1) is 17.2 Å².